The zero-order valence-electron chi connectivity index (χ0n) is 11.1. The van der Waals surface area contributed by atoms with Gasteiger partial charge in [0, 0.05) is 32.1 Å². The molecule has 18 heavy (non-hydrogen) atoms. The molecule has 3 unspecified atom stereocenters. The van der Waals surface area contributed by atoms with E-state index < -0.39 is 9.84 Å². The molecule has 6 heteroatoms. The Morgan fingerprint density at radius 1 is 1.28 bits per heavy atom. The first kappa shape index (κ1) is 13.8. The second-order valence-corrected chi connectivity index (χ2v) is 7.95. The lowest BCUT2D eigenvalue weighted by atomic mass is 10.0. The molecule has 0 aliphatic carbocycles. The molecule has 2 heterocycles. The second kappa shape index (κ2) is 5.17. The van der Waals surface area contributed by atoms with Gasteiger partial charge in [0.25, 0.3) is 0 Å². The number of sulfone groups is 1. The summed E-state index contributed by atoms with van der Waals surface area (Å²) in [6.07, 6.45) is 0.304. The molecule has 2 aliphatic rings. The molecule has 0 spiro atoms. The average Bonchev–Trinajstić information content (AvgIpc) is 2.58. The minimum Gasteiger partial charge on any atom is -0.342 e. The van der Waals surface area contributed by atoms with Crippen molar-refractivity contribution in [3.8, 4) is 0 Å². The summed E-state index contributed by atoms with van der Waals surface area (Å²) in [4.78, 5) is 14.0. The largest absolute Gasteiger partial charge is 0.342 e. The quantitative estimate of drug-likeness (QED) is 0.762. The Balaban J connectivity index is 1.88. The van der Waals surface area contributed by atoms with Crippen molar-refractivity contribution in [2.75, 3.05) is 31.1 Å². The average molecular weight is 274 g/mol. The Hall–Kier alpha value is -0.620. The number of carbonyl (C=O) groups is 1. The Morgan fingerprint density at radius 3 is 2.44 bits per heavy atom. The lowest BCUT2D eigenvalue weighted by Gasteiger charge is -2.25. The molecule has 2 fully saturated rings. The van der Waals surface area contributed by atoms with Crippen LogP contribution in [-0.4, -0.2) is 56.4 Å². The van der Waals surface area contributed by atoms with Gasteiger partial charge in [-0.2, -0.15) is 0 Å². The van der Waals surface area contributed by atoms with E-state index in [9.17, 15) is 13.2 Å². The Bertz CT molecular complexity index is 411. The van der Waals surface area contributed by atoms with Crippen LogP contribution in [0.2, 0.25) is 0 Å². The fourth-order valence-electron chi connectivity index (χ4n) is 2.67. The highest BCUT2D eigenvalue weighted by Gasteiger charge is 2.32. The van der Waals surface area contributed by atoms with E-state index in [1.54, 1.807) is 0 Å². The normalized spacial score (nSPS) is 35.7. The maximum Gasteiger partial charge on any atom is 0.224 e. The number of rotatable bonds is 2. The van der Waals surface area contributed by atoms with Gasteiger partial charge in [-0.25, -0.2) is 8.42 Å². The number of hydrogen-bond acceptors (Lipinski definition) is 4. The Kier molecular flexibility index (Phi) is 3.96. The summed E-state index contributed by atoms with van der Waals surface area (Å²) in [5.74, 6) is 1.45. The lowest BCUT2D eigenvalue weighted by molar-refractivity contribution is -0.130. The third kappa shape index (κ3) is 3.23. The molecule has 0 aromatic carbocycles. The van der Waals surface area contributed by atoms with Crippen molar-refractivity contribution in [2.24, 2.45) is 11.8 Å². The van der Waals surface area contributed by atoms with E-state index in [-0.39, 0.29) is 23.5 Å². The van der Waals surface area contributed by atoms with Gasteiger partial charge < -0.3 is 10.2 Å². The first-order chi connectivity index (χ1) is 8.37. The molecule has 2 aliphatic heterocycles. The summed E-state index contributed by atoms with van der Waals surface area (Å²) < 4.78 is 23.0. The highest BCUT2D eigenvalue weighted by atomic mass is 32.2. The molecule has 3 atom stereocenters. The Morgan fingerprint density at radius 2 is 1.89 bits per heavy atom. The van der Waals surface area contributed by atoms with Gasteiger partial charge in [-0.05, 0) is 11.8 Å². The van der Waals surface area contributed by atoms with Crippen molar-refractivity contribution >= 4 is 15.7 Å². The molecule has 1 amide bonds. The van der Waals surface area contributed by atoms with Crippen LogP contribution in [0.3, 0.4) is 0 Å². The first-order valence-electron chi connectivity index (χ1n) is 6.59. The van der Waals surface area contributed by atoms with Gasteiger partial charge in [0.05, 0.1) is 11.5 Å². The van der Waals surface area contributed by atoms with Gasteiger partial charge in [0.15, 0.2) is 9.84 Å². The van der Waals surface area contributed by atoms with Gasteiger partial charge >= 0.3 is 0 Å². The minimum atomic E-state index is -2.96. The van der Waals surface area contributed by atoms with Crippen LogP contribution in [0, 0.1) is 11.8 Å². The minimum absolute atomic E-state index is 0.0841. The van der Waals surface area contributed by atoms with Crippen LogP contribution in [-0.2, 0) is 14.6 Å². The van der Waals surface area contributed by atoms with E-state index in [1.807, 2.05) is 4.90 Å². The molecular formula is C12H22N2O3S. The molecule has 2 saturated heterocycles. The summed E-state index contributed by atoms with van der Waals surface area (Å²) in [6, 6.07) is -0.206. The van der Waals surface area contributed by atoms with Crippen molar-refractivity contribution in [3.05, 3.63) is 0 Å². The fraction of sp³-hybridized carbons (Fsp3) is 0.917. The molecule has 1 N–H and O–H groups in total. The van der Waals surface area contributed by atoms with Crippen LogP contribution >= 0.6 is 0 Å². The number of carbonyl (C=O) groups excluding carboxylic acids is 1. The van der Waals surface area contributed by atoms with Gasteiger partial charge in [-0.15, -0.1) is 0 Å². The van der Waals surface area contributed by atoms with Crippen LogP contribution in [0.5, 0.6) is 0 Å². The second-order valence-electron chi connectivity index (χ2n) is 5.72. The molecule has 2 rings (SSSR count). The monoisotopic (exact) mass is 274 g/mol. The topological polar surface area (TPSA) is 66.5 Å². The predicted octanol–water partition coefficient (Wildman–Crippen LogP) is -0.122. The molecular weight excluding hydrogens is 252 g/mol. The SMILES string of the molecule is CC1CN(C(=O)CC2CS(=O)(=O)CCN2)CC1C. The van der Waals surface area contributed by atoms with Gasteiger partial charge in [0.2, 0.25) is 5.91 Å². The zero-order valence-corrected chi connectivity index (χ0v) is 11.9. The van der Waals surface area contributed by atoms with E-state index in [0.29, 0.717) is 24.8 Å². The molecule has 0 aromatic rings. The molecule has 5 nitrogen and oxygen atoms in total. The number of amides is 1. The van der Waals surface area contributed by atoms with Gasteiger partial charge in [-0.3, -0.25) is 4.79 Å². The molecule has 0 radical (unpaired) electrons. The predicted molar refractivity (Wildman–Crippen MR) is 70.0 cm³/mol. The van der Waals surface area contributed by atoms with Gasteiger partial charge in [0.1, 0.15) is 0 Å². The van der Waals surface area contributed by atoms with E-state index >= 15 is 0 Å². The number of nitrogens with zero attached hydrogens (tertiary/aromatic N) is 1. The van der Waals surface area contributed by atoms with E-state index in [4.69, 9.17) is 0 Å². The molecule has 0 saturated carbocycles. The molecule has 0 aromatic heterocycles. The summed E-state index contributed by atoms with van der Waals surface area (Å²) >= 11 is 0. The first-order valence-corrected chi connectivity index (χ1v) is 8.41. The third-order valence-corrected chi connectivity index (χ3v) is 5.80. The standard InChI is InChI=1S/C12H22N2O3S/c1-9-6-14(7-10(9)2)12(15)5-11-8-18(16,17)4-3-13-11/h9-11,13H,3-8H2,1-2H3. The van der Waals surface area contributed by atoms with Crippen molar-refractivity contribution in [3.63, 3.8) is 0 Å². The van der Waals surface area contributed by atoms with Crippen LogP contribution in [0.25, 0.3) is 0 Å². The van der Waals surface area contributed by atoms with E-state index in [0.717, 1.165) is 13.1 Å². The van der Waals surface area contributed by atoms with Crippen molar-refractivity contribution in [2.45, 2.75) is 26.3 Å². The van der Waals surface area contributed by atoms with Crippen LogP contribution in [0.15, 0.2) is 0 Å². The van der Waals surface area contributed by atoms with Crippen LogP contribution in [0.1, 0.15) is 20.3 Å². The van der Waals surface area contributed by atoms with Gasteiger partial charge in [-0.1, -0.05) is 13.8 Å². The summed E-state index contributed by atoms with van der Waals surface area (Å²) in [7, 11) is -2.96. The number of nitrogens with one attached hydrogen (secondary N) is 1. The molecule has 104 valence electrons. The highest BCUT2D eigenvalue weighted by Crippen LogP contribution is 2.23. The Labute approximate surface area is 109 Å². The number of likely N-dealkylation sites (tertiary alicyclic amines) is 1. The van der Waals surface area contributed by atoms with Crippen molar-refractivity contribution < 1.29 is 13.2 Å². The van der Waals surface area contributed by atoms with Crippen LogP contribution in [0.4, 0.5) is 0 Å². The molecule has 0 bridgehead atoms. The smallest absolute Gasteiger partial charge is 0.224 e. The maximum atomic E-state index is 12.1. The van der Waals surface area contributed by atoms with Crippen molar-refractivity contribution in [1.29, 1.82) is 0 Å². The number of hydrogen-bond donors (Lipinski definition) is 1. The fourth-order valence-corrected chi connectivity index (χ4v) is 4.12. The van der Waals surface area contributed by atoms with E-state index in [1.165, 1.54) is 0 Å². The lowest BCUT2D eigenvalue weighted by Crippen LogP contribution is -2.47. The zero-order chi connectivity index (χ0) is 13.3. The summed E-state index contributed by atoms with van der Waals surface area (Å²) in [5, 5.41) is 3.12. The third-order valence-electron chi connectivity index (χ3n) is 4.06. The highest BCUT2D eigenvalue weighted by molar-refractivity contribution is 7.91. The maximum absolute atomic E-state index is 12.1. The summed E-state index contributed by atoms with van der Waals surface area (Å²) in [5.41, 5.74) is 0. The summed E-state index contributed by atoms with van der Waals surface area (Å²) in [6.45, 7) is 6.38. The van der Waals surface area contributed by atoms with Crippen molar-refractivity contribution in [1.82, 2.24) is 10.2 Å². The van der Waals surface area contributed by atoms with E-state index in [2.05, 4.69) is 19.2 Å². The van der Waals surface area contributed by atoms with Crippen LogP contribution < -0.4 is 5.32 Å².